The van der Waals surface area contributed by atoms with Gasteiger partial charge in [-0.2, -0.15) is 0 Å². The fourth-order valence-corrected chi connectivity index (χ4v) is 2.64. The molecular weight excluding hydrogens is 384 g/mol. The van der Waals surface area contributed by atoms with E-state index < -0.39 is 30.1 Å². The van der Waals surface area contributed by atoms with Crippen LogP contribution in [0.25, 0.3) is 0 Å². The second-order valence-electron chi connectivity index (χ2n) is 7.25. The van der Waals surface area contributed by atoms with Crippen LogP contribution in [0.2, 0.25) is 0 Å². The highest BCUT2D eigenvalue weighted by atomic mass is 16.5. The van der Waals surface area contributed by atoms with Gasteiger partial charge >= 0.3 is 12.1 Å². The van der Waals surface area contributed by atoms with Gasteiger partial charge in [-0.25, -0.2) is 9.59 Å². The fourth-order valence-electron chi connectivity index (χ4n) is 2.64. The van der Waals surface area contributed by atoms with Crippen LogP contribution in [0.15, 0.2) is 60.7 Å². The van der Waals surface area contributed by atoms with Crippen LogP contribution in [0.5, 0.6) is 0 Å². The summed E-state index contributed by atoms with van der Waals surface area (Å²) in [6, 6.07) is 16.8. The molecule has 0 fully saturated rings. The minimum atomic E-state index is -0.857. The van der Waals surface area contributed by atoms with Crippen LogP contribution in [0, 0.1) is 5.92 Å². The van der Waals surface area contributed by atoms with Crippen LogP contribution >= 0.6 is 0 Å². The number of ether oxygens (including phenoxy) is 2. The summed E-state index contributed by atoms with van der Waals surface area (Å²) in [5.74, 6) is -1.24. The van der Waals surface area contributed by atoms with Crippen molar-refractivity contribution >= 4 is 18.0 Å². The summed E-state index contributed by atoms with van der Waals surface area (Å²) in [6.45, 7) is 5.34. The lowest BCUT2D eigenvalue weighted by Crippen LogP contribution is -2.53. The Hall–Kier alpha value is -3.35. The number of hydrogen-bond acceptors (Lipinski definition) is 5. The van der Waals surface area contributed by atoms with Gasteiger partial charge in [-0.05, 0) is 24.0 Å². The second kappa shape index (κ2) is 11.6. The molecule has 160 valence electrons. The van der Waals surface area contributed by atoms with Crippen molar-refractivity contribution in [2.24, 2.45) is 5.92 Å². The molecule has 0 aromatic heterocycles. The maximum Gasteiger partial charge on any atom is 0.408 e. The molecule has 0 aliphatic heterocycles. The second-order valence-corrected chi connectivity index (χ2v) is 7.25. The van der Waals surface area contributed by atoms with Crippen LogP contribution in [0.1, 0.15) is 31.9 Å². The molecule has 0 spiro atoms. The van der Waals surface area contributed by atoms with Gasteiger partial charge in [0.25, 0.3) is 0 Å². The molecule has 2 unspecified atom stereocenters. The predicted octanol–water partition coefficient (Wildman–Crippen LogP) is 3.19. The average Bonchev–Trinajstić information content (AvgIpc) is 2.75. The first kappa shape index (κ1) is 22.9. The summed E-state index contributed by atoms with van der Waals surface area (Å²) < 4.78 is 10.4. The highest BCUT2D eigenvalue weighted by Gasteiger charge is 2.28. The molecule has 7 heteroatoms. The Balaban J connectivity index is 1.83. The summed E-state index contributed by atoms with van der Waals surface area (Å²) in [7, 11) is 0. The number of amides is 2. The van der Waals surface area contributed by atoms with E-state index in [1.165, 1.54) is 6.92 Å². The molecule has 2 rings (SSSR count). The maximum absolute atomic E-state index is 12.6. The van der Waals surface area contributed by atoms with Crippen molar-refractivity contribution in [3.63, 3.8) is 0 Å². The molecule has 2 atom stereocenters. The summed E-state index contributed by atoms with van der Waals surface area (Å²) in [5.41, 5.74) is 1.69. The van der Waals surface area contributed by atoms with Gasteiger partial charge in [0.15, 0.2) is 0 Å². The van der Waals surface area contributed by atoms with Gasteiger partial charge in [0.1, 0.15) is 25.3 Å². The average molecular weight is 412 g/mol. The van der Waals surface area contributed by atoms with Crippen molar-refractivity contribution < 1.29 is 23.9 Å². The Bertz CT molecular complexity index is 824. The Morgan fingerprint density at radius 1 is 0.767 bits per heavy atom. The summed E-state index contributed by atoms with van der Waals surface area (Å²) in [5, 5.41) is 5.16. The van der Waals surface area contributed by atoms with E-state index >= 15 is 0 Å². The number of esters is 1. The normalized spacial score (nSPS) is 12.5. The van der Waals surface area contributed by atoms with Crippen LogP contribution in [0.4, 0.5) is 4.79 Å². The number of hydrogen-bond donors (Lipinski definition) is 2. The molecule has 0 saturated heterocycles. The molecular formula is C23H28N2O5. The fraction of sp³-hybridized carbons (Fsp3) is 0.348. The van der Waals surface area contributed by atoms with E-state index in [0.717, 1.165) is 11.1 Å². The highest BCUT2D eigenvalue weighted by Crippen LogP contribution is 2.06. The largest absolute Gasteiger partial charge is 0.459 e. The molecule has 2 amide bonds. The highest BCUT2D eigenvalue weighted by molar-refractivity contribution is 5.89. The molecule has 2 aromatic rings. The lowest BCUT2D eigenvalue weighted by molar-refractivity contribution is -0.148. The van der Waals surface area contributed by atoms with Gasteiger partial charge in [0.05, 0.1) is 0 Å². The van der Waals surface area contributed by atoms with E-state index in [0.29, 0.717) is 0 Å². The van der Waals surface area contributed by atoms with Crippen molar-refractivity contribution in [2.45, 2.75) is 46.1 Å². The van der Waals surface area contributed by atoms with Gasteiger partial charge in [-0.15, -0.1) is 0 Å². The van der Waals surface area contributed by atoms with Gasteiger partial charge in [-0.1, -0.05) is 74.5 Å². The smallest absolute Gasteiger partial charge is 0.408 e. The number of nitrogens with one attached hydrogen (secondary N) is 2. The quantitative estimate of drug-likeness (QED) is 0.617. The zero-order chi connectivity index (χ0) is 21.9. The summed E-state index contributed by atoms with van der Waals surface area (Å²) in [4.78, 5) is 36.9. The Morgan fingerprint density at radius 3 is 1.77 bits per heavy atom. The molecule has 2 aromatic carbocycles. The van der Waals surface area contributed by atoms with E-state index in [1.54, 1.807) is 13.8 Å². The third-order valence-corrected chi connectivity index (χ3v) is 4.37. The lowest BCUT2D eigenvalue weighted by atomic mass is 10.0. The first-order valence-electron chi connectivity index (χ1n) is 9.85. The van der Waals surface area contributed by atoms with E-state index in [4.69, 9.17) is 9.47 Å². The molecule has 0 aliphatic rings. The lowest BCUT2D eigenvalue weighted by Gasteiger charge is -2.23. The number of benzene rings is 2. The molecule has 0 saturated carbocycles. The molecule has 0 radical (unpaired) electrons. The minimum Gasteiger partial charge on any atom is -0.459 e. The molecule has 2 N–H and O–H groups in total. The molecule has 0 bridgehead atoms. The molecule has 7 nitrogen and oxygen atoms in total. The first-order valence-corrected chi connectivity index (χ1v) is 9.85. The minimum absolute atomic E-state index is 0.0985. The van der Waals surface area contributed by atoms with Gasteiger partial charge in [-0.3, -0.25) is 4.79 Å². The van der Waals surface area contributed by atoms with Crippen LogP contribution in [-0.2, 0) is 32.3 Å². The van der Waals surface area contributed by atoms with Crippen molar-refractivity contribution in [1.82, 2.24) is 10.6 Å². The zero-order valence-corrected chi connectivity index (χ0v) is 17.5. The first-order chi connectivity index (χ1) is 14.4. The Kier molecular flexibility index (Phi) is 8.87. The molecule has 0 aliphatic carbocycles. The van der Waals surface area contributed by atoms with Crippen LogP contribution in [-0.4, -0.2) is 30.1 Å². The third-order valence-electron chi connectivity index (χ3n) is 4.37. The van der Waals surface area contributed by atoms with Gasteiger partial charge < -0.3 is 20.1 Å². The number of alkyl carbamates (subject to hydrolysis) is 1. The van der Waals surface area contributed by atoms with Crippen molar-refractivity contribution in [3.05, 3.63) is 71.8 Å². The number of carbonyl (C=O) groups excluding carboxylic acids is 3. The maximum atomic E-state index is 12.6. The van der Waals surface area contributed by atoms with Crippen molar-refractivity contribution in [1.29, 1.82) is 0 Å². The predicted molar refractivity (Wildman–Crippen MR) is 112 cm³/mol. The molecule has 0 heterocycles. The van der Waals surface area contributed by atoms with E-state index in [9.17, 15) is 14.4 Å². The van der Waals surface area contributed by atoms with Gasteiger partial charge in [0, 0.05) is 0 Å². The summed E-state index contributed by atoms with van der Waals surface area (Å²) >= 11 is 0. The Labute approximate surface area is 176 Å². The number of rotatable bonds is 9. The Morgan fingerprint density at radius 2 is 1.27 bits per heavy atom. The van der Waals surface area contributed by atoms with Crippen molar-refractivity contribution in [2.75, 3.05) is 0 Å². The summed E-state index contributed by atoms with van der Waals surface area (Å²) in [6.07, 6.45) is -0.702. The van der Waals surface area contributed by atoms with Crippen molar-refractivity contribution in [3.8, 4) is 0 Å². The van der Waals surface area contributed by atoms with E-state index in [-0.39, 0.29) is 19.1 Å². The van der Waals surface area contributed by atoms with E-state index in [2.05, 4.69) is 10.6 Å². The van der Waals surface area contributed by atoms with Gasteiger partial charge in [0.2, 0.25) is 5.91 Å². The zero-order valence-electron chi connectivity index (χ0n) is 17.5. The monoisotopic (exact) mass is 412 g/mol. The topological polar surface area (TPSA) is 93.7 Å². The van der Waals surface area contributed by atoms with Crippen LogP contribution < -0.4 is 10.6 Å². The third kappa shape index (κ3) is 7.58. The van der Waals surface area contributed by atoms with E-state index in [1.807, 2.05) is 60.7 Å². The standard InChI is InChI=1S/C23H28N2O5/c1-16(2)20(25-23(28)30-15-19-12-8-5-9-13-19)21(26)24-17(3)22(27)29-14-18-10-6-4-7-11-18/h4-13,16-17,20H,14-15H2,1-3H3,(H,24,26)(H,25,28). The molecule has 30 heavy (non-hydrogen) atoms. The van der Waals surface area contributed by atoms with Crippen LogP contribution in [0.3, 0.4) is 0 Å². The number of carbonyl (C=O) groups is 3. The SMILES string of the molecule is CC(NC(=O)C(NC(=O)OCc1ccccc1)C(C)C)C(=O)OCc1ccccc1.